The van der Waals surface area contributed by atoms with E-state index >= 15 is 0 Å². The molecule has 0 aliphatic carbocycles. The van der Waals surface area contributed by atoms with E-state index in [9.17, 15) is 4.39 Å². The van der Waals surface area contributed by atoms with Gasteiger partial charge in [0.25, 0.3) is 11.8 Å². The van der Waals surface area contributed by atoms with Crippen molar-refractivity contribution in [3.8, 4) is 11.5 Å². The van der Waals surface area contributed by atoms with Crippen LogP contribution in [0.2, 0.25) is 0 Å². The third-order valence-corrected chi connectivity index (χ3v) is 2.79. The molecular formula is C16H13FN2O3. The number of hydrogen-bond donors (Lipinski definition) is 0. The lowest BCUT2D eigenvalue weighted by molar-refractivity contribution is 0.231. The van der Waals surface area contributed by atoms with Gasteiger partial charge in [-0.1, -0.05) is 18.2 Å². The van der Waals surface area contributed by atoms with Crippen molar-refractivity contribution in [2.45, 2.75) is 13.2 Å². The minimum Gasteiger partial charge on any atom is -0.484 e. The highest BCUT2D eigenvalue weighted by Gasteiger charge is 2.07. The molecule has 3 aromatic rings. The number of halogens is 1. The lowest BCUT2D eigenvalue weighted by Crippen LogP contribution is -1.96. The largest absolute Gasteiger partial charge is 0.484 e. The number of para-hydroxylation sites is 1. The van der Waals surface area contributed by atoms with Crippen molar-refractivity contribution < 1.29 is 18.3 Å². The molecule has 0 N–H and O–H groups in total. The van der Waals surface area contributed by atoms with Gasteiger partial charge in [-0.25, -0.2) is 4.39 Å². The fourth-order valence-corrected chi connectivity index (χ4v) is 1.74. The average molecular weight is 300 g/mol. The van der Waals surface area contributed by atoms with Gasteiger partial charge in [0.15, 0.2) is 13.2 Å². The van der Waals surface area contributed by atoms with Crippen molar-refractivity contribution >= 4 is 0 Å². The summed E-state index contributed by atoms with van der Waals surface area (Å²) in [5.74, 6) is 1.63. The molecule has 0 spiro atoms. The Bertz CT molecular complexity index is 714. The normalized spacial score (nSPS) is 10.4. The monoisotopic (exact) mass is 300 g/mol. The Hall–Kier alpha value is -2.89. The van der Waals surface area contributed by atoms with Crippen LogP contribution < -0.4 is 9.47 Å². The van der Waals surface area contributed by atoms with Crippen molar-refractivity contribution in [3.63, 3.8) is 0 Å². The number of hydrogen-bond acceptors (Lipinski definition) is 5. The van der Waals surface area contributed by atoms with E-state index in [-0.39, 0.29) is 19.0 Å². The molecule has 0 saturated heterocycles. The lowest BCUT2D eigenvalue weighted by atomic mass is 10.3. The molecule has 2 aromatic carbocycles. The first kappa shape index (κ1) is 14.1. The van der Waals surface area contributed by atoms with E-state index in [0.717, 1.165) is 5.75 Å². The molecule has 0 aliphatic rings. The number of aromatic nitrogens is 2. The molecule has 112 valence electrons. The Kier molecular flexibility index (Phi) is 4.29. The molecule has 1 aromatic heterocycles. The Morgan fingerprint density at radius 2 is 1.32 bits per heavy atom. The first-order valence-corrected chi connectivity index (χ1v) is 6.67. The molecule has 5 nitrogen and oxygen atoms in total. The Labute approximate surface area is 126 Å². The Morgan fingerprint density at radius 1 is 0.773 bits per heavy atom. The molecule has 0 bridgehead atoms. The zero-order valence-corrected chi connectivity index (χ0v) is 11.6. The van der Waals surface area contributed by atoms with Crippen LogP contribution in [0.25, 0.3) is 0 Å². The number of ether oxygens (including phenoxy) is 2. The molecule has 0 atom stereocenters. The number of nitrogens with zero attached hydrogens (tertiary/aromatic N) is 2. The summed E-state index contributed by atoms with van der Waals surface area (Å²) in [6.45, 7) is 0.303. The van der Waals surface area contributed by atoms with Gasteiger partial charge in [0.2, 0.25) is 0 Å². The average Bonchev–Trinajstić information content (AvgIpc) is 3.01. The zero-order valence-electron chi connectivity index (χ0n) is 11.6. The van der Waals surface area contributed by atoms with Gasteiger partial charge < -0.3 is 13.9 Å². The van der Waals surface area contributed by atoms with Crippen LogP contribution in [-0.4, -0.2) is 10.2 Å². The van der Waals surface area contributed by atoms with Crippen LogP contribution in [0.15, 0.2) is 59.0 Å². The van der Waals surface area contributed by atoms with Gasteiger partial charge in [-0.05, 0) is 36.4 Å². The smallest absolute Gasteiger partial charge is 0.254 e. The van der Waals surface area contributed by atoms with Crippen molar-refractivity contribution in [2.24, 2.45) is 0 Å². The first-order chi connectivity index (χ1) is 10.8. The SMILES string of the molecule is Fc1ccc(OCc2nnc(COc3ccccc3)o2)cc1. The van der Waals surface area contributed by atoms with Gasteiger partial charge in [-0.3, -0.25) is 0 Å². The van der Waals surface area contributed by atoms with Crippen LogP contribution in [0.4, 0.5) is 4.39 Å². The number of rotatable bonds is 6. The number of benzene rings is 2. The van der Waals surface area contributed by atoms with Crippen molar-refractivity contribution in [1.29, 1.82) is 0 Å². The fourth-order valence-electron chi connectivity index (χ4n) is 1.74. The van der Waals surface area contributed by atoms with Gasteiger partial charge in [0, 0.05) is 0 Å². The van der Waals surface area contributed by atoms with E-state index in [1.165, 1.54) is 24.3 Å². The summed E-state index contributed by atoms with van der Waals surface area (Å²) in [5, 5.41) is 7.74. The standard InChI is InChI=1S/C16H13FN2O3/c17-12-6-8-14(9-7-12)21-11-16-19-18-15(22-16)10-20-13-4-2-1-3-5-13/h1-9H,10-11H2. The summed E-state index contributed by atoms with van der Waals surface area (Å²) < 4.78 is 29.1. The maximum absolute atomic E-state index is 12.8. The van der Waals surface area contributed by atoms with Crippen molar-refractivity contribution in [1.82, 2.24) is 10.2 Å². The molecule has 0 unspecified atom stereocenters. The molecule has 0 aliphatic heterocycles. The topological polar surface area (TPSA) is 57.4 Å². The van der Waals surface area contributed by atoms with E-state index in [1.807, 2.05) is 30.3 Å². The molecule has 3 rings (SSSR count). The van der Waals surface area contributed by atoms with Crippen LogP contribution in [0.5, 0.6) is 11.5 Å². The van der Waals surface area contributed by atoms with Crippen LogP contribution in [0, 0.1) is 5.82 Å². The van der Waals surface area contributed by atoms with Crippen LogP contribution >= 0.6 is 0 Å². The third kappa shape index (κ3) is 3.82. The molecule has 0 saturated carbocycles. The molecule has 0 fully saturated rings. The van der Waals surface area contributed by atoms with Gasteiger partial charge in [-0.15, -0.1) is 10.2 Å². The highest BCUT2D eigenvalue weighted by Crippen LogP contribution is 2.14. The van der Waals surface area contributed by atoms with Crippen molar-refractivity contribution in [3.05, 3.63) is 72.2 Å². The van der Waals surface area contributed by atoms with E-state index in [2.05, 4.69) is 10.2 Å². The van der Waals surface area contributed by atoms with E-state index in [4.69, 9.17) is 13.9 Å². The zero-order chi connectivity index (χ0) is 15.2. The molecule has 1 heterocycles. The quantitative estimate of drug-likeness (QED) is 0.698. The maximum atomic E-state index is 12.8. The lowest BCUT2D eigenvalue weighted by Gasteiger charge is -2.03. The second-order valence-electron chi connectivity index (χ2n) is 4.43. The van der Waals surface area contributed by atoms with Gasteiger partial charge in [-0.2, -0.15) is 0 Å². The van der Waals surface area contributed by atoms with E-state index < -0.39 is 0 Å². The Morgan fingerprint density at radius 3 is 1.91 bits per heavy atom. The van der Waals surface area contributed by atoms with Crippen LogP contribution in [-0.2, 0) is 13.2 Å². The highest BCUT2D eigenvalue weighted by atomic mass is 19.1. The summed E-state index contributed by atoms with van der Waals surface area (Å²) >= 11 is 0. The highest BCUT2D eigenvalue weighted by molar-refractivity contribution is 5.22. The maximum Gasteiger partial charge on any atom is 0.254 e. The summed E-state index contributed by atoms with van der Waals surface area (Å²) in [6.07, 6.45) is 0. The van der Waals surface area contributed by atoms with Gasteiger partial charge in [0.1, 0.15) is 17.3 Å². The summed E-state index contributed by atoms with van der Waals surface area (Å²) in [4.78, 5) is 0. The molecular weight excluding hydrogens is 287 g/mol. The van der Waals surface area contributed by atoms with Crippen LogP contribution in [0.1, 0.15) is 11.8 Å². The van der Waals surface area contributed by atoms with Gasteiger partial charge >= 0.3 is 0 Å². The second kappa shape index (κ2) is 6.71. The van der Waals surface area contributed by atoms with Gasteiger partial charge in [0.05, 0.1) is 0 Å². The first-order valence-electron chi connectivity index (χ1n) is 6.67. The molecule has 6 heteroatoms. The van der Waals surface area contributed by atoms with E-state index in [1.54, 1.807) is 0 Å². The molecule has 0 amide bonds. The Balaban J connectivity index is 1.51. The molecule has 22 heavy (non-hydrogen) atoms. The summed E-state index contributed by atoms with van der Waals surface area (Å²) in [6, 6.07) is 15.1. The van der Waals surface area contributed by atoms with E-state index in [0.29, 0.717) is 17.5 Å². The predicted molar refractivity (Wildman–Crippen MR) is 75.8 cm³/mol. The minimum absolute atomic E-state index is 0.115. The fraction of sp³-hybridized carbons (Fsp3) is 0.125. The third-order valence-electron chi connectivity index (χ3n) is 2.79. The van der Waals surface area contributed by atoms with Crippen LogP contribution in [0.3, 0.4) is 0 Å². The predicted octanol–water partition coefficient (Wildman–Crippen LogP) is 3.37. The second-order valence-corrected chi connectivity index (χ2v) is 4.43. The summed E-state index contributed by atoms with van der Waals surface area (Å²) in [7, 11) is 0. The van der Waals surface area contributed by atoms with Crippen molar-refractivity contribution in [2.75, 3.05) is 0 Å². The molecule has 0 radical (unpaired) electrons. The minimum atomic E-state index is -0.314. The summed E-state index contributed by atoms with van der Waals surface area (Å²) in [5.41, 5.74) is 0.